The molecule has 4 fully saturated rings. The summed E-state index contributed by atoms with van der Waals surface area (Å²) < 4.78 is 5.87. The van der Waals surface area contributed by atoms with Crippen LogP contribution in [0.15, 0.2) is 66.9 Å². The van der Waals surface area contributed by atoms with Crippen LogP contribution in [-0.4, -0.2) is 47.0 Å². The minimum atomic E-state index is -0.519. The number of ether oxygens (including phenoxy) is 1. The first-order valence-electron chi connectivity index (χ1n) is 15.5. The molecule has 8 rings (SSSR count). The fraction of sp³-hybridized carbons (Fsp3) is 0.471. The number of rotatable bonds is 7. The van der Waals surface area contributed by atoms with Crippen molar-refractivity contribution in [2.24, 2.45) is 17.8 Å². The standard InChI is InChI=1S/C34H40N4O4/c1-3-22(2)41-28-12-13-29(35-21-28)24-8-10-27(11-9-24)37-14-15-38(31-7-5-4-6-30(31)37)42-33(39)36-32-25-16-23-17-26(32)20-34(40,18-23)19-25/h4-13,21-23,25-26,32,40H,3,14-20H2,1-2H3,(H,36,39)/t22?,23?,25-,26+,32?,34?. The molecule has 5 aliphatic rings. The lowest BCUT2D eigenvalue weighted by Crippen LogP contribution is -2.62. The number of carbonyl (C=O) groups excluding carboxylic acids is 1. The third kappa shape index (κ3) is 5.17. The Balaban J connectivity index is 1.02. The van der Waals surface area contributed by atoms with E-state index in [-0.39, 0.29) is 12.1 Å². The lowest BCUT2D eigenvalue weighted by molar-refractivity contribution is -0.137. The Morgan fingerprint density at radius 2 is 1.76 bits per heavy atom. The van der Waals surface area contributed by atoms with Gasteiger partial charge >= 0.3 is 6.09 Å². The second-order valence-corrected chi connectivity index (χ2v) is 12.7. The number of aliphatic hydroxyl groups is 1. The summed E-state index contributed by atoms with van der Waals surface area (Å²) >= 11 is 0. The first-order valence-corrected chi connectivity index (χ1v) is 15.5. The quantitative estimate of drug-likeness (QED) is 0.338. The Labute approximate surface area is 247 Å². The van der Waals surface area contributed by atoms with Gasteiger partial charge in [-0.3, -0.25) is 4.98 Å². The van der Waals surface area contributed by atoms with Crippen LogP contribution in [0.3, 0.4) is 0 Å². The largest absolute Gasteiger partial charge is 0.489 e. The molecule has 4 saturated carbocycles. The van der Waals surface area contributed by atoms with Crippen molar-refractivity contribution < 1.29 is 19.5 Å². The van der Waals surface area contributed by atoms with Gasteiger partial charge in [0.1, 0.15) is 5.75 Å². The number of pyridine rings is 1. The molecule has 1 aromatic heterocycles. The Bertz CT molecular complexity index is 1410. The van der Waals surface area contributed by atoms with Crippen LogP contribution < -0.4 is 20.0 Å². The zero-order chi connectivity index (χ0) is 28.8. The van der Waals surface area contributed by atoms with Gasteiger partial charge < -0.3 is 24.9 Å². The molecule has 220 valence electrons. The molecule has 0 spiro atoms. The van der Waals surface area contributed by atoms with Gasteiger partial charge in [-0.1, -0.05) is 31.2 Å². The van der Waals surface area contributed by atoms with E-state index in [9.17, 15) is 9.90 Å². The summed E-state index contributed by atoms with van der Waals surface area (Å²) in [5.41, 5.74) is 4.34. The molecular formula is C34H40N4O4. The van der Waals surface area contributed by atoms with Crippen LogP contribution in [0, 0.1) is 17.8 Å². The van der Waals surface area contributed by atoms with Crippen molar-refractivity contribution >= 4 is 23.2 Å². The Kier molecular flexibility index (Phi) is 6.97. The van der Waals surface area contributed by atoms with Gasteiger partial charge in [-0.2, -0.15) is 0 Å². The van der Waals surface area contributed by atoms with E-state index >= 15 is 0 Å². The number of hydrogen-bond donors (Lipinski definition) is 2. The van der Waals surface area contributed by atoms with E-state index in [2.05, 4.69) is 59.4 Å². The van der Waals surface area contributed by atoms with Crippen molar-refractivity contribution in [3.05, 3.63) is 66.9 Å². The molecule has 2 heterocycles. The van der Waals surface area contributed by atoms with Gasteiger partial charge in [0.2, 0.25) is 0 Å². The number of aromatic nitrogens is 1. The van der Waals surface area contributed by atoms with Crippen LogP contribution in [0.2, 0.25) is 0 Å². The minimum absolute atomic E-state index is 0.0856. The van der Waals surface area contributed by atoms with E-state index in [1.54, 1.807) is 11.3 Å². The summed E-state index contributed by atoms with van der Waals surface area (Å²) in [7, 11) is 0. The van der Waals surface area contributed by atoms with Gasteiger partial charge in [-0.05, 0) is 99.6 Å². The topological polar surface area (TPSA) is 87.2 Å². The van der Waals surface area contributed by atoms with Crippen LogP contribution >= 0.6 is 0 Å². The lowest BCUT2D eigenvalue weighted by Gasteiger charge is -2.57. The second-order valence-electron chi connectivity index (χ2n) is 12.7. The molecule has 1 amide bonds. The maximum absolute atomic E-state index is 13.1. The van der Waals surface area contributed by atoms with Gasteiger partial charge in [0.15, 0.2) is 0 Å². The number of hydrogen-bond acceptors (Lipinski definition) is 7. The molecule has 42 heavy (non-hydrogen) atoms. The number of hydroxylamine groups is 1. The van der Waals surface area contributed by atoms with Crippen molar-refractivity contribution in [1.29, 1.82) is 0 Å². The second kappa shape index (κ2) is 10.8. The number of para-hydroxylation sites is 2. The fourth-order valence-electron chi connectivity index (χ4n) is 7.93. The predicted molar refractivity (Wildman–Crippen MR) is 163 cm³/mol. The van der Waals surface area contributed by atoms with Crippen molar-refractivity contribution in [2.75, 3.05) is 23.1 Å². The molecule has 4 aliphatic carbocycles. The summed E-state index contributed by atoms with van der Waals surface area (Å²) in [6.07, 6.45) is 7.20. The van der Waals surface area contributed by atoms with Crippen molar-refractivity contribution in [3.63, 3.8) is 0 Å². The number of benzene rings is 2. The van der Waals surface area contributed by atoms with Crippen molar-refractivity contribution in [3.8, 4) is 17.0 Å². The van der Waals surface area contributed by atoms with Gasteiger partial charge in [0.05, 0.1) is 41.5 Å². The number of amides is 1. The summed E-state index contributed by atoms with van der Waals surface area (Å²) in [4.78, 5) is 25.9. The third-order valence-corrected chi connectivity index (χ3v) is 9.81. The fourth-order valence-corrected chi connectivity index (χ4v) is 7.93. The highest BCUT2D eigenvalue weighted by molar-refractivity contribution is 5.81. The Morgan fingerprint density at radius 1 is 1.02 bits per heavy atom. The molecule has 2 N–H and O–H groups in total. The maximum atomic E-state index is 13.1. The molecule has 4 unspecified atom stereocenters. The van der Waals surface area contributed by atoms with Crippen LogP contribution in [-0.2, 0) is 4.84 Å². The number of nitrogens with zero attached hydrogens (tertiary/aromatic N) is 3. The van der Waals surface area contributed by atoms with Gasteiger partial charge in [-0.15, -0.1) is 0 Å². The molecule has 6 atom stereocenters. The maximum Gasteiger partial charge on any atom is 0.431 e. The van der Waals surface area contributed by atoms with Crippen LogP contribution in [0.4, 0.5) is 21.9 Å². The molecule has 4 bridgehead atoms. The normalized spacial score (nSPS) is 28.3. The SMILES string of the molecule is CCC(C)Oc1ccc(-c2ccc(N3CCN(OC(=O)NC4[C@@H]5CC6C[C@H]4CC(O)(C6)C5)c4ccccc43)cc2)nc1. The van der Waals surface area contributed by atoms with Gasteiger partial charge in [-0.25, -0.2) is 9.86 Å². The molecule has 1 aliphatic heterocycles. The van der Waals surface area contributed by atoms with Crippen LogP contribution in [0.5, 0.6) is 5.75 Å². The third-order valence-electron chi connectivity index (χ3n) is 9.81. The van der Waals surface area contributed by atoms with Crippen molar-refractivity contribution in [2.45, 2.75) is 70.1 Å². The average Bonchev–Trinajstić information content (AvgIpc) is 2.99. The van der Waals surface area contributed by atoms with Gasteiger partial charge in [0.25, 0.3) is 0 Å². The van der Waals surface area contributed by atoms with E-state index in [4.69, 9.17) is 9.57 Å². The summed E-state index contributed by atoms with van der Waals surface area (Å²) in [5.74, 6) is 2.06. The number of fused-ring (bicyclic) bond motifs is 1. The highest BCUT2D eigenvalue weighted by atomic mass is 16.7. The zero-order valence-corrected chi connectivity index (χ0v) is 24.4. The van der Waals surface area contributed by atoms with Gasteiger partial charge in [0, 0.05) is 23.8 Å². The zero-order valence-electron chi connectivity index (χ0n) is 24.4. The molecular weight excluding hydrogens is 528 g/mol. The minimum Gasteiger partial charge on any atom is -0.489 e. The van der Waals surface area contributed by atoms with Crippen molar-refractivity contribution in [1.82, 2.24) is 10.3 Å². The molecule has 2 aromatic carbocycles. The van der Waals surface area contributed by atoms with Crippen LogP contribution in [0.1, 0.15) is 52.4 Å². The molecule has 0 radical (unpaired) electrons. The van der Waals surface area contributed by atoms with E-state index in [1.165, 1.54) is 0 Å². The first-order chi connectivity index (χ1) is 20.4. The van der Waals surface area contributed by atoms with E-state index in [0.29, 0.717) is 30.8 Å². The summed E-state index contributed by atoms with van der Waals surface area (Å²) in [6.45, 7) is 5.38. The number of nitrogens with one attached hydrogen (secondary N) is 1. The predicted octanol–water partition coefficient (Wildman–Crippen LogP) is 6.46. The number of carbonyl (C=O) groups is 1. The highest BCUT2D eigenvalue weighted by Gasteiger charge is 2.55. The van der Waals surface area contributed by atoms with E-state index < -0.39 is 11.7 Å². The Hall–Kier alpha value is -3.78. The Morgan fingerprint density at radius 3 is 2.43 bits per heavy atom. The smallest absolute Gasteiger partial charge is 0.431 e. The molecule has 3 aromatic rings. The van der Waals surface area contributed by atoms with Crippen LogP contribution in [0.25, 0.3) is 11.3 Å². The molecule has 8 heteroatoms. The molecule has 0 saturated heterocycles. The van der Waals surface area contributed by atoms with E-state index in [0.717, 1.165) is 72.6 Å². The summed E-state index contributed by atoms with van der Waals surface area (Å²) in [6, 6.07) is 20.5. The van der Waals surface area contributed by atoms with E-state index in [1.807, 2.05) is 30.3 Å². The average molecular weight is 569 g/mol. The summed E-state index contributed by atoms with van der Waals surface area (Å²) in [5, 5.41) is 15.8. The molecule has 8 nitrogen and oxygen atoms in total. The highest BCUT2D eigenvalue weighted by Crippen LogP contribution is 2.55. The monoisotopic (exact) mass is 568 g/mol. The lowest BCUT2D eigenvalue weighted by atomic mass is 9.52. The number of anilines is 3. The first kappa shape index (κ1) is 27.1.